The number of fused-ring (bicyclic) bond motifs is 1. The average molecular weight is 297 g/mol. The second-order valence-corrected chi connectivity index (χ2v) is 4.66. The number of hydrogen-bond donors (Lipinski definition) is 0. The third-order valence-corrected chi connectivity index (χ3v) is 3.25. The van der Waals surface area contributed by atoms with Gasteiger partial charge in [0.25, 0.3) is 0 Å². The largest absolute Gasteiger partial charge is 0.462 e. The molecule has 1 aromatic carbocycles. The van der Waals surface area contributed by atoms with Crippen LogP contribution >= 0.6 is 0 Å². The zero-order valence-electron chi connectivity index (χ0n) is 12.3. The Kier molecular flexibility index (Phi) is 3.74. The van der Waals surface area contributed by atoms with E-state index in [0.717, 1.165) is 5.56 Å². The van der Waals surface area contributed by atoms with E-state index in [1.165, 1.54) is 6.33 Å². The minimum atomic E-state index is -0.379. The van der Waals surface area contributed by atoms with Crippen molar-refractivity contribution in [3.63, 3.8) is 0 Å². The molecule has 2 heterocycles. The lowest BCUT2D eigenvalue weighted by molar-refractivity contribution is 0.0525. The molecule has 0 aliphatic rings. The van der Waals surface area contributed by atoms with Gasteiger partial charge in [0, 0.05) is 6.20 Å². The SMILES string of the molecule is CCOC(=O)c1cn2ncnc(Oc3ccccc3)c2c1C. The minimum Gasteiger partial charge on any atom is -0.462 e. The Morgan fingerprint density at radius 2 is 2.05 bits per heavy atom. The third-order valence-electron chi connectivity index (χ3n) is 3.25. The summed E-state index contributed by atoms with van der Waals surface area (Å²) in [6.45, 7) is 3.92. The number of ether oxygens (including phenoxy) is 2. The van der Waals surface area contributed by atoms with E-state index < -0.39 is 0 Å². The van der Waals surface area contributed by atoms with E-state index in [1.807, 2.05) is 37.3 Å². The molecule has 3 aromatic rings. The van der Waals surface area contributed by atoms with Crippen molar-refractivity contribution in [2.75, 3.05) is 6.61 Å². The van der Waals surface area contributed by atoms with Crippen LogP contribution in [0.4, 0.5) is 0 Å². The van der Waals surface area contributed by atoms with E-state index in [9.17, 15) is 4.79 Å². The van der Waals surface area contributed by atoms with Gasteiger partial charge in [-0.05, 0) is 31.5 Å². The van der Waals surface area contributed by atoms with Crippen molar-refractivity contribution in [3.05, 3.63) is 54.0 Å². The predicted octanol–water partition coefficient (Wildman–Crippen LogP) is 3.01. The summed E-state index contributed by atoms with van der Waals surface area (Å²) in [5.41, 5.74) is 1.83. The summed E-state index contributed by atoms with van der Waals surface area (Å²) in [5.74, 6) is 0.687. The summed E-state index contributed by atoms with van der Waals surface area (Å²) in [7, 11) is 0. The van der Waals surface area contributed by atoms with Crippen LogP contribution in [0.5, 0.6) is 11.6 Å². The molecule has 0 atom stereocenters. The first-order valence-corrected chi connectivity index (χ1v) is 6.93. The highest BCUT2D eigenvalue weighted by Gasteiger charge is 2.19. The number of carbonyl (C=O) groups excluding carboxylic acids is 1. The number of hydrogen-bond acceptors (Lipinski definition) is 5. The first kappa shape index (κ1) is 14.1. The highest BCUT2D eigenvalue weighted by molar-refractivity contribution is 5.94. The van der Waals surface area contributed by atoms with Crippen molar-refractivity contribution in [2.24, 2.45) is 0 Å². The number of aryl methyl sites for hydroxylation is 1. The highest BCUT2D eigenvalue weighted by Crippen LogP contribution is 2.28. The number of nitrogens with zero attached hydrogens (tertiary/aromatic N) is 3. The first-order valence-electron chi connectivity index (χ1n) is 6.93. The van der Waals surface area contributed by atoms with Crippen molar-refractivity contribution in [2.45, 2.75) is 13.8 Å². The number of rotatable bonds is 4. The van der Waals surface area contributed by atoms with Gasteiger partial charge in [0.05, 0.1) is 12.2 Å². The van der Waals surface area contributed by atoms with Gasteiger partial charge in [0.1, 0.15) is 17.6 Å². The number of aromatic nitrogens is 3. The van der Waals surface area contributed by atoms with Gasteiger partial charge < -0.3 is 9.47 Å². The van der Waals surface area contributed by atoms with E-state index in [-0.39, 0.29) is 5.97 Å². The Balaban J connectivity index is 2.06. The van der Waals surface area contributed by atoms with Crippen molar-refractivity contribution in [3.8, 4) is 11.6 Å². The van der Waals surface area contributed by atoms with Crippen LogP contribution in [0.25, 0.3) is 5.52 Å². The minimum absolute atomic E-state index is 0.323. The maximum atomic E-state index is 12.0. The molecule has 112 valence electrons. The standard InChI is InChI=1S/C16H15N3O3/c1-3-21-16(20)13-9-19-14(11(13)2)15(17-10-18-19)22-12-7-5-4-6-8-12/h4-10H,3H2,1-2H3. The van der Waals surface area contributed by atoms with Crippen LogP contribution in [-0.4, -0.2) is 27.2 Å². The van der Waals surface area contributed by atoms with E-state index >= 15 is 0 Å². The Morgan fingerprint density at radius 1 is 1.27 bits per heavy atom. The molecule has 0 amide bonds. The number of benzene rings is 1. The van der Waals surface area contributed by atoms with Crippen LogP contribution in [-0.2, 0) is 4.74 Å². The summed E-state index contributed by atoms with van der Waals surface area (Å²) in [4.78, 5) is 16.2. The lowest BCUT2D eigenvalue weighted by Crippen LogP contribution is -2.04. The van der Waals surface area contributed by atoms with Gasteiger partial charge >= 0.3 is 5.97 Å². The summed E-state index contributed by atoms with van der Waals surface area (Å²) in [6, 6.07) is 9.33. The second-order valence-electron chi connectivity index (χ2n) is 4.66. The molecule has 0 fully saturated rings. The molecular formula is C16H15N3O3. The van der Waals surface area contributed by atoms with Crippen molar-refractivity contribution < 1.29 is 14.3 Å². The molecule has 3 rings (SSSR count). The quantitative estimate of drug-likeness (QED) is 0.693. The molecular weight excluding hydrogens is 282 g/mol. The number of carbonyl (C=O) groups is 1. The Bertz CT molecular complexity index is 812. The molecule has 6 heteroatoms. The molecule has 0 N–H and O–H groups in total. The van der Waals surface area contributed by atoms with Gasteiger partial charge in [-0.3, -0.25) is 0 Å². The zero-order valence-corrected chi connectivity index (χ0v) is 12.3. The number of para-hydroxylation sites is 1. The predicted molar refractivity (Wildman–Crippen MR) is 80.2 cm³/mol. The summed E-state index contributed by atoms with van der Waals surface area (Å²) in [6.07, 6.45) is 3.02. The van der Waals surface area contributed by atoms with Gasteiger partial charge in [0.2, 0.25) is 5.88 Å². The highest BCUT2D eigenvalue weighted by atomic mass is 16.5. The van der Waals surface area contributed by atoms with Crippen molar-refractivity contribution in [1.82, 2.24) is 14.6 Å². The fraction of sp³-hybridized carbons (Fsp3) is 0.188. The lowest BCUT2D eigenvalue weighted by Gasteiger charge is -2.06. The van der Waals surface area contributed by atoms with Gasteiger partial charge in [-0.2, -0.15) is 10.1 Å². The fourth-order valence-electron chi connectivity index (χ4n) is 2.22. The fourth-order valence-corrected chi connectivity index (χ4v) is 2.22. The molecule has 2 aromatic heterocycles. The molecule has 22 heavy (non-hydrogen) atoms. The maximum Gasteiger partial charge on any atom is 0.340 e. The van der Waals surface area contributed by atoms with E-state index in [4.69, 9.17) is 9.47 Å². The molecule has 6 nitrogen and oxygen atoms in total. The Hall–Kier alpha value is -2.89. The lowest BCUT2D eigenvalue weighted by atomic mass is 10.2. The van der Waals surface area contributed by atoms with Gasteiger partial charge in [-0.15, -0.1) is 0 Å². The number of esters is 1. The van der Waals surface area contributed by atoms with Crippen LogP contribution in [0.2, 0.25) is 0 Å². The average Bonchev–Trinajstić information content (AvgIpc) is 2.87. The van der Waals surface area contributed by atoms with Crippen LogP contribution in [0.1, 0.15) is 22.8 Å². The molecule has 0 saturated heterocycles. The summed E-state index contributed by atoms with van der Waals surface area (Å²) >= 11 is 0. The Labute approximate surface area is 127 Å². The normalized spacial score (nSPS) is 10.6. The topological polar surface area (TPSA) is 65.7 Å². The maximum absolute atomic E-state index is 12.0. The molecule has 0 radical (unpaired) electrons. The zero-order chi connectivity index (χ0) is 15.5. The molecule has 0 spiro atoms. The van der Waals surface area contributed by atoms with E-state index in [0.29, 0.717) is 29.3 Å². The van der Waals surface area contributed by atoms with Crippen LogP contribution in [0, 0.1) is 6.92 Å². The first-order chi connectivity index (χ1) is 10.7. The van der Waals surface area contributed by atoms with Crippen LogP contribution in [0.15, 0.2) is 42.9 Å². The van der Waals surface area contributed by atoms with Gasteiger partial charge in [-0.25, -0.2) is 9.31 Å². The second kappa shape index (κ2) is 5.85. The van der Waals surface area contributed by atoms with Crippen LogP contribution in [0.3, 0.4) is 0 Å². The molecule has 0 bridgehead atoms. The molecule has 0 aliphatic heterocycles. The molecule has 0 aliphatic carbocycles. The van der Waals surface area contributed by atoms with Crippen LogP contribution < -0.4 is 4.74 Å². The van der Waals surface area contributed by atoms with Gasteiger partial charge in [-0.1, -0.05) is 18.2 Å². The van der Waals surface area contributed by atoms with E-state index in [2.05, 4.69) is 10.1 Å². The molecule has 0 saturated carbocycles. The molecule has 0 unspecified atom stereocenters. The Morgan fingerprint density at radius 3 is 2.77 bits per heavy atom. The summed E-state index contributed by atoms with van der Waals surface area (Å²) in [5, 5.41) is 4.13. The van der Waals surface area contributed by atoms with Crippen molar-refractivity contribution >= 4 is 11.5 Å². The van der Waals surface area contributed by atoms with E-state index in [1.54, 1.807) is 17.6 Å². The van der Waals surface area contributed by atoms with Crippen molar-refractivity contribution in [1.29, 1.82) is 0 Å². The van der Waals surface area contributed by atoms with Gasteiger partial charge in [0.15, 0.2) is 0 Å². The monoisotopic (exact) mass is 297 g/mol. The smallest absolute Gasteiger partial charge is 0.340 e. The third kappa shape index (κ3) is 2.50. The summed E-state index contributed by atoms with van der Waals surface area (Å²) < 4.78 is 12.4.